The minimum atomic E-state index is 0.186. The molecule has 1 aliphatic rings. The van der Waals surface area contributed by atoms with Crippen molar-refractivity contribution < 1.29 is 0 Å². The van der Waals surface area contributed by atoms with Crippen molar-refractivity contribution in [3.05, 3.63) is 5.82 Å². The summed E-state index contributed by atoms with van der Waals surface area (Å²) in [5.41, 5.74) is 11.1. The summed E-state index contributed by atoms with van der Waals surface area (Å²) in [4.78, 5) is 14.2. The van der Waals surface area contributed by atoms with Gasteiger partial charge in [-0.2, -0.15) is 15.0 Å². The summed E-state index contributed by atoms with van der Waals surface area (Å²) in [6.07, 6.45) is 2.29. The van der Waals surface area contributed by atoms with E-state index in [1.807, 2.05) is 0 Å². The van der Waals surface area contributed by atoms with Crippen LogP contribution >= 0.6 is 0 Å². The predicted molar refractivity (Wildman–Crippen MR) is 66.0 cm³/mol. The standard InChI is InChI=1S/C10H19N7/c1-17(7-2-4-13-5-3-7)6-8-14-9(11)16-10(12)15-8/h7,13H,2-6H2,1H3,(H4,11,12,14,15,16). The van der Waals surface area contributed by atoms with Crippen LogP contribution in [-0.2, 0) is 6.54 Å². The molecule has 7 nitrogen and oxygen atoms in total. The van der Waals surface area contributed by atoms with Gasteiger partial charge in [0, 0.05) is 6.04 Å². The van der Waals surface area contributed by atoms with Crippen LogP contribution in [0.3, 0.4) is 0 Å². The number of piperidine rings is 1. The largest absolute Gasteiger partial charge is 0.368 e. The third-order valence-electron chi connectivity index (χ3n) is 3.04. The summed E-state index contributed by atoms with van der Waals surface area (Å²) < 4.78 is 0. The van der Waals surface area contributed by atoms with Gasteiger partial charge in [-0.1, -0.05) is 0 Å². The highest BCUT2D eigenvalue weighted by atomic mass is 15.2. The molecule has 0 aliphatic carbocycles. The van der Waals surface area contributed by atoms with Gasteiger partial charge < -0.3 is 16.8 Å². The highest BCUT2D eigenvalue weighted by Gasteiger charge is 2.18. The van der Waals surface area contributed by atoms with Crippen LogP contribution in [0.15, 0.2) is 0 Å². The van der Waals surface area contributed by atoms with E-state index in [1.54, 1.807) is 0 Å². The van der Waals surface area contributed by atoms with E-state index in [0.717, 1.165) is 25.9 Å². The maximum Gasteiger partial charge on any atom is 0.225 e. The van der Waals surface area contributed by atoms with Crippen molar-refractivity contribution in [1.82, 2.24) is 25.2 Å². The molecule has 0 saturated carbocycles. The van der Waals surface area contributed by atoms with E-state index in [1.165, 1.54) is 0 Å². The molecule has 1 aromatic rings. The highest BCUT2D eigenvalue weighted by Crippen LogP contribution is 2.12. The van der Waals surface area contributed by atoms with Crippen LogP contribution in [-0.4, -0.2) is 46.0 Å². The topological polar surface area (TPSA) is 106 Å². The molecule has 0 bridgehead atoms. The maximum atomic E-state index is 5.54. The van der Waals surface area contributed by atoms with Gasteiger partial charge >= 0.3 is 0 Å². The number of nitrogens with one attached hydrogen (secondary N) is 1. The van der Waals surface area contributed by atoms with E-state index < -0.39 is 0 Å². The second-order valence-electron chi connectivity index (χ2n) is 4.36. The summed E-state index contributed by atoms with van der Waals surface area (Å²) in [7, 11) is 2.08. The van der Waals surface area contributed by atoms with Crippen molar-refractivity contribution in [2.45, 2.75) is 25.4 Å². The number of hydrogen-bond acceptors (Lipinski definition) is 7. The van der Waals surface area contributed by atoms with Crippen LogP contribution in [0.1, 0.15) is 18.7 Å². The summed E-state index contributed by atoms with van der Waals surface area (Å²) in [5, 5.41) is 3.34. The number of rotatable bonds is 3. The second-order valence-corrected chi connectivity index (χ2v) is 4.36. The van der Waals surface area contributed by atoms with Gasteiger partial charge in [0.15, 0.2) is 0 Å². The molecule has 0 unspecified atom stereocenters. The molecule has 94 valence electrons. The van der Waals surface area contributed by atoms with Gasteiger partial charge in [-0.15, -0.1) is 0 Å². The van der Waals surface area contributed by atoms with Crippen LogP contribution in [0.2, 0.25) is 0 Å². The van der Waals surface area contributed by atoms with Crippen molar-refractivity contribution in [2.24, 2.45) is 0 Å². The summed E-state index contributed by atoms with van der Waals surface area (Å²) in [6, 6.07) is 0.565. The molecule has 7 heteroatoms. The average Bonchev–Trinajstić information content (AvgIpc) is 2.28. The summed E-state index contributed by atoms with van der Waals surface area (Å²) in [6.45, 7) is 2.79. The number of anilines is 2. The molecule has 0 aromatic carbocycles. The average molecular weight is 237 g/mol. The fraction of sp³-hybridized carbons (Fsp3) is 0.700. The Morgan fingerprint density at radius 1 is 1.18 bits per heavy atom. The molecular weight excluding hydrogens is 218 g/mol. The lowest BCUT2D eigenvalue weighted by atomic mass is 10.1. The molecule has 1 aromatic heterocycles. The van der Waals surface area contributed by atoms with Crippen LogP contribution in [0.25, 0.3) is 0 Å². The fourth-order valence-corrected chi connectivity index (χ4v) is 2.13. The Labute approximate surface area is 101 Å². The molecule has 0 radical (unpaired) electrons. The third-order valence-corrected chi connectivity index (χ3v) is 3.04. The van der Waals surface area contributed by atoms with E-state index in [4.69, 9.17) is 11.5 Å². The zero-order valence-electron chi connectivity index (χ0n) is 10.1. The molecule has 1 fully saturated rings. The first-order valence-corrected chi connectivity index (χ1v) is 5.82. The quantitative estimate of drug-likeness (QED) is 0.633. The lowest BCUT2D eigenvalue weighted by Crippen LogP contribution is -2.41. The molecule has 1 saturated heterocycles. The first-order chi connectivity index (χ1) is 8.15. The van der Waals surface area contributed by atoms with Gasteiger partial charge in [0.05, 0.1) is 6.54 Å². The highest BCUT2D eigenvalue weighted by molar-refractivity contribution is 5.25. The van der Waals surface area contributed by atoms with E-state index in [0.29, 0.717) is 18.4 Å². The monoisotopic (exact) mass is 237 g/mol. The lowest BCUT2D eigenvalue weighted by molar-refractivity contribution is 0.188. The molecule has 2 heterocycles. The number of nitrogens with two attached hydrogens (primary N) is 2. The molecule has 17 heavy (non-hydrogen) atoms. The van der Waals surface area contributed by atoms with Crippen molar-refractivity contribution in [1.29, 1.82) is 0 Å². The minimum absolute atomic E-state index is 0.186. The third kappa shape index (κ3) is 3.24. The Bertz CT molecular complexity index is 355. The number of nitrogen functional groups attached to an aromatic ring is 2. The van der Waals surface area contributed by atoms with Gasteiger partial charge in [0.25, 0.3) is 0 Å². The first kappa shape index (κ1) is 12.0. The van der Waals surface area contributed by atoms with Crippen LogP contribution in [0, 0.1) is 0 Å². The van der Waals surface area contributed by atoms with Gasteiger partial charge in [-0.05, 0) is 33.0 Å². The van der Waals surface area contributed by atoms with Crippen molar-refractivity contribution in [3.63, 3.8) is 0 Å². The van der Waals surface area contributed by atoms with Crippen molar-refractivity contribution in [3.8, 4) is 0 Å². The molecule has 5 N–H and O–H groups in total. The second kappa shape index (κ2) is 5.24. The Balaban J connectivity index is 1.99. The Morgan fingerprint density at radius 2 is 1.76 bits per heavy atom. The SMILES string of the molecule is CN(Cc1nc(N)nc(N)n1)C1CCNCC1. The number of aromatic nitrogens is 3. The van der Waals surface area contributed by atoms with Gasteiger partial charge in [-0.25, -0.2) is 0 Å². The van der Waals surface area contributed by atoms with Crippen LogP contribution in [0.5, 0.6) is 0 Å². The van der Waals surface area contributed by atoms with Gasteiger partial charge in [0.1, 0.15) is 5.82 Å². The molecule has 1 aliphatic heterocycles. The van der Waals surface area contributed by atoms with E-state index >= 15 is 0 Å². The Kier molecular flexibility index (Phi) is 3.70. The van der Waals surface area contributed by atoms with Crippen molar-refractivity contribution >= 4 is 11.9 Å². The number of hydrogen-bond donors (Lipinski definition) is 3. The molecule has 0 amide bonds. The minimum Gasteiger partial charge on any atom is -0.368 e. The Morgan fingerprint density at radius 3 is 2.35 bits per heavy atom. The van der Waals surface area contributed by atoms with E-state index in [9.17, 15) is 0 Å². The zero-order chi connectivity index (χ0) is 12.3. The van der Waals surface area contributed by atoms with Gasteiger partial charge in [-0.3, -0.25) is 4.90 Å². The lowest BCUT2D eigenvalue weighted by Gasteiger charge is -2.31. The van der Waals surface area contributed by atoms with Crippen LogP contribution in [0.4, 0.5) is 11.9 Å². The fourth-order valence-electron chi connectivity index (χ4n) is 2.13. The molecule has 0 atom stereocenters. The summed E-state index contributed by atoms with van der Waals surface area (Å²) >= 11 is 0. The van der Waals surface area contributed by atoms with Gasteiger partial charge in [0.2, 0.25) is 11.9 Å². The van der Waals surface area contributed by atoms with Crippen LogP contribution < -0.4 is 16.8 Å². The zero-order valence-corrected chi connectivity index (χ0v) is 10.1. The normalized spacial score (nSPS) is 17.5. The Hall–Kier alpha value is -1.47. The summed E-state index contributed by atoms with van der Waals surface area (Å²) in [5.74, 6) is 1.01. The molecule has 2 rings (SSSR count). The predicted octanol–water partition coefficient (Wildman–Crippen LogP) is -0.780. The molecular formula is C10H19N7. The van der Waals surface area contributed by atoms with Crippen molar-refractivity contribution in [2.75, 3.05) is 31.6 Å². The number of nitrogens with zero attached hydrogens (tertiary/aromatic N) is 4. The van der Waals surface area contributed by atoms with E-state index in [2.05, 4.69) is 32.2 Å². The first-order valence-electron chi connectivity index (χ1n) is 5.82. The van der Waals surface area contributed by atoms with E-state index in [-0.39, 0.29) is 11.9 Å². The molecule has 0 spiro atoms. The smallest absolute Gasteiger partial charge is 0.225 e. The maximum absolute atomic E-state index is 5.54.